The molecule has 0 aliphatic heterocycles. The van der Waals surface area contributed by atoms with E-state index in [4.69, 9.17) is 26.2 Å². The van der Waals surface area contributed by atoms with Gasteiger partial charge in [0.15, 0.2) is 0 Å². The molecular formula is C13H11ClN2O4. The largest absolute Gasteiger partial charge is 0.481 e. The third-order valence-electron chi connectivity index (χ3n) is 2.39. The molecule has 1 aromatic heterocycles. The molecule has 0 amide bonds. The van der Waals surface area contributed by atoms with Gasteiger partial charge in [-0.3, -0.25) is 4.79 Å². The van der Waals surface area contributed by atoms with Crippen LogP contribution in [0.15, 0.2) is 30.5 Å². The van der Waals surface area contributed by atoms with E-state index < -0.39 is 5.97 Å². The Morgan fingerprint density at radius 3 is 2.85 bits per heavy atom. The predicted octanol–water partition coefficient (Wildman–Crippen LogP) is 2.56. The van der Waals surface area contributed by atoms with Crippen molar-refractivity contribution in [2.45, 2.75) is 6.42 Å². The maximum absolute atomic E-state index is 10.8. The smallest absolute Gasteiger partial charge is 0.319 e. The van der Waals surface area contributed by atoms with E-state index in [9.17, 15) is 4.79 Å². The van der Waals surface area contributed by atoms with Crippen LogP contribution >= 0.6 is 11.6 Å². The van der Waals surface area contributed by atoms with Gasteiger partial charge in [0.05, 0.1) is 19.7 Å². The van der Waals surface area contributed by atoms with Gasteiger partial charge in [-0.25, -0.2) is 4.98 Å². The average molecular weight is 295 g/mol. The molecule has 6 nitrogen and oxygen atoms in total. The van der Waals surface area contributed by atoms with Crippen LogP contribution in [0.4, 0.5) is 0 Å². The van der Waals surface area contributed by atoms with Crippen molar-refractivity contribution in [3.05, 3.63) is 41.0 Å². The maximum atomic E-state index is 10.8. The first-order chi connectivity index (χ1) is 9.60. The summed E-state index contributed by atoms with van der Waals surface area (Å²) in [7, 11) is 1.42. The number of aliphatic carboxylic acids is 1. The molecule has 7 heteroatoms. The lowest BCUT2D eigenvalue weighted by molar-refractivity contribution is -0.136. The molecule has 0 saturated carbocycles. The first-order valence-corrected chi connectivity index (χ1v) is 6.02. The highest BCUT2D eigenvalue weighted by atomic mass is 35.5. The van der Waals surface area contributed by atoms with E-state index in [1.165, 1.54) is 13.3 Å². The summed E-state index contributed by atoms with van der Waals surface area (Å²) in [6, 6.07) is 6.87. The van der Waals surface area contributed by atoms with Gasteiger partial charge in [0.25, 0.3) is 0 Å². The van der Waals surface area contributed by atoms with Crippen LogP contribution in [0.25, 0.3) is 0 Å². The zero-order chi connectivity index (χ0) is 14.5. The van der Waals surface area contributed by atoms with E-state index in [2.05, 4.69) is 9.97 Å². The van der Waals surface area contributed by atoms with Crippen molar-refractivity contribution in [2.24, 2.45) is 0 Å². The number of rotatable bonds is 5. The number of nitrogens with zero attached hydrogens (tertiary/aromatic N) is 2. The van der Waals surface area contributed by atoms with Crippen LogP contribution < -0.4 is 9.47 Å². The van der Waals surface area contributed by atoms with E-state index >= 15 is 0 Å². The van der Waals surface area contributed by atoms with Gasteiger partial charge in [0.2, 0.25) is 5.88 Å². The highest BCUT2D eigenvalue weighted by Gasteiger charge is 2.12. The van der Waals surface area contributed by atoms with Crippen molar-refractivity contribution in [1.29, 1.82) is 0 Å². The summed E-state index contributed by atoms with van der Waals surface area (Å²) >= 11 is 5.94. The number of carboxylic acid groups (broad SMARTS) is 1. The molecule has 2 aromatic rings. The molecule has 0 bridgehead atoms. The lowest BCUT2D eigenvalue weighted by atomic mass is 10.1. The van der Waals surface area contributed by atoms with Crippen LogP contribution in [0.1, 0.15) is 5.56 Å². The Morgan fingerprint density at radius 2 is 2.15 bits per heavy atom. The fraction of sp³-hybridized carbons (Fsp3) is 0.154. The molecule has 104 valence electrons. The number of halogens is 1. The van der Waals surface area contributed by atoms with E-state index in [1.807, 2.05) is 0 Å². The number of carboxylic acids is 1. The van der Waals surface area contributed by atoms with Crippen LogP contribution in [0.3, 0.4) is 0 Å². The monoisotopic (exact) mass is 294 g/mol. The number of benzene rings is 1. The van der Waals surface area contributed by atoms with Crippen LogP contribution in [0.5, 0.6) is 17.6 Å². The Bertz CT molecular complexity index is 634. The van der Waals surface area contributed by atoms with E-state index in [0.29, 0.717) is 11.3 Å². The zero-order valence-electron chi connectivity index (χ0n) is 10.5. The van der Waals surface area contributed by atoms with Crippen molar-refractivity contribution < 1.29 is 19.4 Å². The minimum absolute atomic E-state index is 0.108. The fourth-order valence-corrected chi connectivity index (χ4v) is 1.65. The first-order valence-electron chi connectivity index (χ1n) is 5.64. The lowest BCUT2D eigenvalue weighted by Crippen LogP contribution is -2.03. The summed E-state index contributed by atoms with van der Waals surface area (Å²) in [5, 5.41) is 9.07. The number of para-hydroxylation sites is 1. The van der Waals surface area contributed by atoms with E-state index in [0.717, 1.165) is 0 Å². The summed E-state index contributed by atoms with van der Waals surface area (Å²) in [5.74, 6) is -0.471. The van der Waals surface area contributed by atoms with Crippen molar-refractivity contribution >= 4 is 17.6 Å². The Hall–Kier alpha value is -2.34. The normalized spacial score (nSPS) is 10.1. The molecule has 0 spiro atoms. The van der Waals surface area contributed by atoms with Gasteiger partial charge in [0, 0.05) is 5.56 Å². The number of methoxy groups -OCH3 is 1. The van der Waals surface area contributed by atoms with Crippen LogP contribution in [-0.2, 0) is 11.2 Å². The van der Waals surface area contributed by atoms with Gasteiger partial charge in [-0.2, -0.15) is 4.98 Å². The Morgan fingerprint density at radius 1 is 1.40 bits per heavy atom. The molecule has 1 heterocycles. The minimum atomic E-state index is -0.951. The Labute approximate surface area is 120 Å². The number of hydrogen-bond donors (Lipinski definition) is 1. The van der Waals surface area contributed by atoms with E-state index in [-0.39, 0.29) is 23.3 Å². The maximum Gasteiger partial charge on any atom is 0.319 e. The molecular weight excluding hydrogens is 284 g/mol. The van der Waals surface area contributed by atoms with Crippen molar-refractivity contribution in [1.82, 2.24) is 9.97 Å². The highest BCUT2D eigenvalue weighted by molar-refractivity contribution is 6.31. The summed E-state index contributed by atoms with van der Waals surface area (Å²) < 4.78 is 10.4. The topological polar surface area (TPSA) is 81.5 Å². The SMILES string of the molecule is COc1ncc(Cl)c(Oc2ccccc2CC(=O)O)n1. The van der Waals surface area contributed by atoms with Crippen molar-refractivity contribution in [3.8, 4) is 17.6 Å². The summed E-state index contributed by atoms with van der Waals surface area (Å²) in [4.78, 5) is 18.6. The zero-order valence-corrected chi connectivity index (χ0v) is 11.3. The number of hydrogen-bond acceptors (Lipinski definition) is 5. The summed E-state index contributed by atoms with van der Waals surface area (Å²) in [6.07, 6.45) is 1.19. The molecule has 1 N–H and O–H groups in total. The Balaban J connectivity index is 2.32. The quantitative estimate of drug-likeness (QED) is 0.912. The fourth-order valence-electron chi connectivity index (χ4n) is 1.52. The van der Waals surface area contributed by atoms with Gasteiger partial charge >= 0.3 is 12.0 Å². The molecule has 1 aromatic carbocycles. The van der Waals surface area contributed by atoms with Gasteiger partial charge in [-0.15, -0.1) is 0 Å². The summed E-state index contributed by atoms with van der Waals surface area (Å²) in [6.45, 7) is 0. The Kier molecular flexibility index (Phi) is 4.37. The number of aromatic nitrogens is 2. The van der Waals surface area contributed by atoms with Crippen LogP contribution in [0, 0.1) is 0 Å². The molecule has 0 saturated heterocycles. The number of carbonyl (C=O) groups is 1. The van der Waals surface area contributed by atoms with Crippen LogP contribution in [-0.4, -0.2) is 28.2 Å². The first kappa shape index (κ1) is 14.1. The lowest BCUT2D eigenvalue weighted by Gasteiger charge is -2.10. The molecule has 0 aliphatic rings. The molecule has 20 heavy (non-hydrogen) atoms. The van der Waals surface area contributed by atoms with Gasteiger partial charge in [-0.1, -0.05) is 29.8 Å². The molecule has 0 atom stereocenters. The highest BCUT2D eigenvalue weighted by Crippen LogP contribution is 2.30. The molecule has 0 aliphatic carbocycles. The molecule has 0 fully saturated rings. The molecule has 2 rings (SSSR count). The van der Waals surface area contributed by atoms with Gasteiger partial charge < -0.3 is 14.6 Å². The second-order valence-electron chi connectivity index (χ2n) is 3.79. The van der Waals surface area contributed by atoms with Crippen molar-refractivity contribution in [2.75, 3.05) is 7.11 Å². The van der Waals surface area contributed by atoms with Gasteiger partial charge in [-0.05, 0) is 6.07 Å². The minimum Gasteiger partial charge on any atom is -0.481 e. The predicted molar refractivity (Wildman–Crippen MR) is 71.4 cm³/mol. The average Bonchev–Trinajstić information content (AvgIpc) is 2.43. The second-order valence-corrected chi connectivity index (χ2v) is 4.20. The standard InChI is InChI=1S/C13H11ClN2O4/c1-19-13-15-7-9(14)12(16-13)20-10-5-3-2-4-8(10)6-11(17)18/h2-5,7H,6H2,1H3,(H,17,18). The molecule has 0 radical (unpaired) electrons. The van der Waals surface area contributed by atoms with E-state index in [1.54, 1.807) is 24.3 Å². The summed E-state index contributed by atoms with van der Waals surface area (Å²) in [5.41, 5.74) is 0.522. The third kappa shape index (κ3) is 3.36. The third-order valence-corrected chi connectivity index (χ3v) is 2.65. The number of ether oxygens (including phenoxy) is 2. The molecule has 0 unspecified atom stereocenters. The van der Waals surface area contributed by atoms with Crippen LogP contribution in [0.2, 0.25) is 5.02 Å². The van der Waals surface area contributed by atoms with Gasteiger partial charge in [0.1, 0.15) is 10.8 Å². The second kappa shape index (κ2) is 6.21. The van der Waals surface area contributed by atoms with Crippen molar-refractivity contribution in [3.63, 3.8) is 0 Å².